The second-order valence-corrected chi connectivity index (χ2v) is 7.16. The van der Waals surface area contributed by atoms with Gasteiger partial charge in [-0.3, -0.25) is 0 Å². The highest BCUT2D eigenvalue weighted by Gasteiger charge is 2.35. The van der Waals surface area contributed by atoms with E-state index in [1.165, 1.54) is 6.07 Å². The highest BCUT2D eigenvalue weighted by Crippen LogP contribution is 2.22. The molecular weight excluding hydrogens is 331 g/mol. The Labute approximate surface area is 137 Å². The van der Waals surface area contributed by atoms with E-state index in [-0.39, 0.29) is 23.8 Å². The number of ether oxygens (including phenoxy) is 1. The van der Waals surface area contributed by atoms with Crippen LogP contribution in [0.15, 0.2) is 23.1 Å². The summed E-state index contributed by atoms with van der Waals surface area (Å²) in [5, 5.41) is 3.28. The Bertz CT molecular complexity index is 584. The molecule has 1 heterocycles. The molecule has 1 fully saturated rings. The van der Waals surface area contributed by atoms with Crippen LogP contribution in [-0.4, -0.2) is 40.8 Å². The topological polar surface area (TPSA) is 67.4 Å². The Morgan fingerprint density at radius 1 is 1.45 bits per heavy atom. The van der Waals surface area contributed by atoms with Crippen LogP contribution in [0.3, 0.4) is 0 Å². The lowest BCUT2D eigenvalue weighted by molar-refractivity contribution is 0.122. The van der Waals surface area contributed by atoms with Gasteiger partial charge in [0, 0.05) is 13.7 Å². The van der Waals surface area contributed by atoms with Gasteiger partial charge in [0.05, 0.1) is 12.1 Å². The average Bonchev–Trinajstić information content (AvgIpc) is 2.86. The van der Waals surface area contributed by atoms with Crippen LogP contribution in [0.4, 0.5) is 4.39 Å². The number of sulfonamides is 1. The first-order chi connectivity index (χ1) is 9.90. The minimum absolute atomic E-state index is 0. The first kappa shape index (κ1) is 19.3. The first-order valence-electron chi connectivity index (χ1n) is 6.89. The number of methoxy groups -OCH3 is 1. The third-order valence-corrected chi connectivity index (χ3v) is 5.36. The molecule has 0 amide bonds. The molecule has 1 aliphatic heterocycles. The predicted molar refractivity (Wildman–Crippen MR) is 85.4 cm³/mol. The summed E-state index contributed by atoms with van der Waals surface area (Å²) in [6.45, 7) is 2.99. The molecule has 2 N–H and O–H groups in total. The van der Waals surface area contributed by atoms with E-state index in [1.54, 1.807) is 20.1 Å². The zero-order valence-electron chi connectivity index (χ0n) is 12.7. The molecule has 1 atom stereocenters. The van der Waals surface area contributed by atoms with E-state index in [0.29, 0.717) is 12.2 Å². The van der Waals surface area contributed by atoms with Crippen LogP contribution in [0.2, 0.25) is 0 Å². The van der Waals surface area contributed by atoms with E-state index >= 15 is 0 Å². The Morgan fingerprint density at radius 2 is 2.18 bits per heavy atom. The smallest absolute Gasteiger partial charge is 0.243 e. The lowest BCUT2D eigenvalue weighted by Gasteiger charge is -2.29. The number of halogens is 2. The van der Waals surface area contributed by atoms with Crippen LogP contribution in [0.5, 0.6) is 0 Å². The van der Waals surface area contributed by atoms with Gasteiger partial charge >= 0.3 is 0 Å². The average molecular weight is 353 g/mol. The molecule has 1 aromatic rings. The van der Waals surface area contributed by atoms with Crippen LogP contribution in [0, 0.1) is 12.7 Å². The van der Waals surface area contributed by atoms with Gasteiger partial charge in [-0.05, 0) is 37.9 Å². The van der Waals surface area contributed by atoms with Crippen LogP contribution in [0.25, 0.3) is 0 Å². The lowest BCUT2D eigenvalue weighted by Crippen LogP contribution is -2.53. The van der Waals surface area contributed by atoms with Gasteiger partial charge in [0.15, 0.2) is 0 Å². The minimum atomic E-state index is -3.89. The third kappa shape index (κ3) is 4.17. The largest absolute Gasteiger partial charge is 0.383 e. The Morgan fingerprint density at radius 3 is 2.73 bits per heavy atom. The summed E-state index contributed by atoms with van der Waals surface area (Å²) < 4.78 is 46.2. The second kappa shape index (κ2) is 7.70. The van der Waals surface area contributed by atoms with Gasteiger partial charge in [0.1, 0.15) is 10.7 Å². The molecular formula is C14H22ClFN2O3S. The molecule has 1 aromatic carbocycles. The van der Waals surface area contributed by atoms with Crippen molar-refractivity contribution in [3.05, 3.63) is 29.6 Å². The van der Waals surface area contributed by atoms with Crippen molar-refractivity contribution in [2.24, 2.45) is 0 Å². The van der Waals surface area contributed by atoms with Crippen molar-refractivity contribution in [1.29, 1.82) is 0 Å². The maximum atomic E-state index is 13.8. The van der Waals surface area contributed by atoms with Gasteiger partial charge in [0.25, 0.3) is 0 Å². The molecule has 0 bridgehead atoms. The van der Waals surface area contributed by atoms with E-state index < -0.39 is 21.4 Å². The van der Waals surface area contributed by atoms with E-state index in [9.17, 15) is 12.8 Å². The molecule has 0 radical (unpaired) electrons. The van der Waals surface area contributed by atoms with Gasteiger partial charge in [-0.1, -0.05) is 12.1 Å². The fourth-order valence-corrected chi connectivity index (χ4v) is 4.16. The van der Waals surface area contributed by atoms with Crippen molar-refractivity contribution in [1.82, 2.24) is 10.0 Å². The zero-order valence-corrected chi connectivity index (χ0v) is 14.3. The summed E-state index contributed by atoms with van der Waals surface area (Å²) >= 11 is 0. The second-order valence-electron chi connectivity index (χ2n) is 5.45. The highest BCUT2D eigenvalue weighted by atomic mass is 35.5. The fraction of sp³-hybridized carbons (Fsp3) is 0.571. The molecule has 0 aromatic heterocycles. The number of hydrogen-bond donors (Lipinski definition) is 2. The van der Waals surface area contributed by atoms with Crippen molar-refractivity contribution in [3.8, 4) is 0 Å². The minimum Gasteiger partial charge on any atom is -0.383 e. The molecule has 22 heavy (non-hydrogen) atoms. The normalized spacial score (nSPS) is 21.6. The summed E-state index contributed by atoms with van der Waals surface area (Å²) in [5.41, 5.74) is -0.0243. The number of aryl methyl sites for hydroxylation is 1. The SMILES string of the molecule is COCC1(CNS(=O)(=O)c2c(C)cccc2F)CCCN1.Cl. The number of hydrogen-bond acceptors (Lipinski definition) is 4. The molecule has 1 aliphatic rings. The first-order valence-corrected chi connectivity index (χ1v) is 8.37. The fourth-order valence-electron chi connectivity index (χ4n) is 2.73. The van der Waals surface area contributed by atoms with Crippen LogP contribution < -0.4 is 10.0 Å². The molecule has 0 saturated carbocycles. The summed E-state index contributed by atoms with van der Waals surface area (Å²) in [5.74, 6) is -0.734. The van der Waals surface area contributed by atoms with Gasteiger partial charge < -0.3 is 10.1 Å². The Kier molecular flexibility index (Phi) is 6.76. The molecule has 8 heteroatoms. The lowest BCUT2D eigenvalue weighted by atomic mass is 9.99. The molecule has 1 saturated heterocycles. The van der Waals surface area contributed by atoms with Gasteiger partial charge in [0.2, 0.25) is 10.0 Å². The number of nitrogens with one attached hydrogen (secondary N) is 2. The van der Waals surface area contributed by atoms with Crippen molar-refractivity contribution in [2.75, 3.05) is 26.8 Å². The number of rotatable bonds is 6. The third-order valence-electron chi connectivity index (χ3n) is 3.79. The van der Waals surface area contributed by atoms with E-state index in [4.69, 9.17) is 4.74 Å². The van der Waals surface area contributed by atoms with Crippen molar-refractivity contribution in [3.63, 3.8) is 0 Å². The van der Waals surface area contributed by atoms with Crippen molar-refractivity contribution in [2.45, 2.75) is 30.2 Å². The van der Waals surface area contributed by atoms with Crippen molar-refractivity contribution < 1.29 is 17.5 Å². The predicted octanol–water partition coefficient (Wildman–Crippen LogP) is 1.60. The molecule has 126 valence electrons. The summed E-state index contributed by atoms with van der Waals surface area (Å²) in [4.78, 5) is -0.282. The van der Waals surface area contributed by atoms with Crippen LogP contribution in [0.1, 0.15) is 18.4 Å². The van der Waals surface area contributed by atoms with Crippen molar-refractivity contribution >= 4 is 22.4 Å². The van der Waals surface area contributed by atoms with E-state index in [0.717, 1.165) is 25.5 Å². The summed E-state index contributed by atoms with van der Waals surface area (Å²) in [6.07, 6.45) is 1.78. The maximum absolute atomic E-state index is 13.8. The Hall–Kier alpha value is -0.730. The van der Waals surface area contributed by atoms with Gasteiger partial charge in [-0.2, -0.15) is 0 Å². The quantitative estimate of drug-likeness (QED) is 0.816. The van der Waals surface area contributed by atoms with Gasteiger partial charge in [-0.25, -0.2) is 17.5 Å². The highest BCUT2D eigenvalue weighted by molar-refractivity contribution is 7.89. The maximum Gasteiger partial charge on any atom is 0.243 e. The molecule has 5 nitrogen and oxygen atoms in total. The van der Waals surface area contributed by atoms with Crippen LogP contribution >= 0.6 is 12.4 Å². The summed E-state index contributed by atoms with van der Waals surface area (Å²) in [6, 6.07) is 4.23. The van der Waals surface area contributed by atoms with Crippen LogP contribution in [-0.2, 0) is 14.8 Å². The van der Waals surface area contributed by atoms with E-state index in [2.05, 4.69) is 10.0 Å². The monoisotopic (exact) mass is 352 g/mol. The standard InChI is InChI=1S/C14H21FN2O3S.ClH/c1-11-5-3-6-12(15)13(11)21(18,19)17-9-14(10-20-2)7-4-8-16-14;/h3,5-6,16-17H,4,7-10H2,1-2H3;1H. The molecule has 1 unspecified atom stereocenters. The molecule has 0 spiro atoms. The number of benzene rings is 1. The summed E-state index contributed by atoms with van der Waals surface area (Å²) in [7, 11) is -2.31. The molecule has 0 aliphatic carbocycles. The Balaban J connectivity index is 0.00000242. The zero-order chi connectivity index (χ0) is 15.5. The van der Waals surface area contributed by atoms with Gasteiger partial charge in [-0.15, -0.1) is 12.4 Å². The van der Waals surface area contributed by atoms with E-state index in [1.807, 2.05) is 0 Å². The molecule has 2 rings (SSSR count).